The summed E-state index contributed by atoms with van der Waals surface area (Å²) in [7, 11) is -4.62. The Kier molecular flexibility index (Phi) is 13.4. The highest BCUT2D eigenvalue weighted by molar-refractivity contribution is 7.85. The van der Waals surface area contributed by atoms with Crippen molar-refractivity contribution in [3.63, 3.8) is 0 Å². The molecule has 0 amide bonds. The molecule has 0 saturated carbocycles. The predicted octanol–water partition coefficient (Wildman–Crippen LogP) is 13.3. The van der Waals surface area contributed by atoms with Crippen molar-refractivity contribution in [1.29, 1.82) is 0 Å². The Labute approximate surface area is 402 Å². The van der Waals surface area contributed by atoms with Crippen molar-refractivity contribution < 1.29 is 63.2 Å². The summed E-state index contributed by atoms with van der Waals surface area (Å²) in [6.45, 7) is 3.65. The lowest BCUT2D eigenvalue weighted by molar-refractivity contribution is -0.288. The van der Waals surface area contributed by atoms with Gasteiger partial charge in [0.25, 0.3) is 10.1 Å². The van der Waals surface area contributed by atoms with Crippen molar-refractivity contribution in [2.75, 3.05) is 0 Å². The fourth-order valence-electron chi connectivity index (χ4n) is 7.93. The number of hydrogen-bond acceptors (Lipinski definition) is 8. The summed E-state index contributed by atoms with van der Waals surface area (Å²) >= 11 is 0. The molecule has 0 atom stereocenters. The number of benzene rings is 7. The van der Waals surface area contributed by atoms with Gasteiger partial charge in [-0.2, -0.15) is 34.8 Å². The summed E-state index contributed by atoms with van der Waals surface area (Å²) in [5, 5.41) is 0. The average Bonchev–Trinajstić information content (AvgIpc) is 3.34. The number of rotatable bonds is 14. The summed E-state index contributed by atoms with van der Waals surface area (Å²) in [4.78, 5) is 43.2. The fraction of sp³-hybridized carbons (Fsp3) is 0.0909. The first kappa shape index (κ1) is 49.2. The number of ether oxygens (including phenoxy) is 2. The Balaban J connectivity index is 0.957. The van der Waals surface area contributed by atoms with E-state index in [1.54, 1.807) is 73.7 Å². The number of carbonyl (C=O) groups excluding carboxylic acids is 3. The predicted molar refractivity (Wildman–Crippen MR) is 251 cm³/mol. The Hall–Kier alpha value is -8.21. The molecule has 1 N–H and O–H groups in total. The molecule has 358 valence electrons. The van der Waals surface area contributed by atoms with Crippen LogP contribution >= 0.6 is 0 Å². The summed E-state index contributed by atoms with van der Waals surface area (Å²) in [6.07, 6.45) is -9.63. The van der Waals surface area contributed by atoms with Gasteiger partial charge in [-0.3, -0.25) is 23.9 Å². The molecule has 9 nitrogen and oxygen atoms in total. The number of alkyl halides is 6. The lowest BCUT2D eigenvalue weighted by Gasteiger charge is -2.38. The smallest absolute Gasteiger partial charge is 0.411 e. The maximum Gasteiger partial charge on any atom is 0.411 e. The van der Waals surface area contributed by atoms with E-state index in [9.17, 15) is 53.7 Å². The van der Waals surface area contributed by atoms with Gasteiger partial charge in [-0.25, -0.2) is 0 Å². The molecule has 0 radical (unpaired) electrons. The molecular formula is C55H37F6NO8S. The van der Waals surface area contributed by atoms with Crippen LogP contribution < -0.4 is 9.47 Å². The largest absolute Gasteiger partial charge is 0.457 e. The van der Waals surface area contributed by atoms with Gasteiger partial charge >= 0.3 is 12.4 Å². The van der Waals surface area contributed by atoms with E-state index < -0.39 is 55.5 Å². The molecule has 0 aliphatic rings. The zero-order chi connectivity index (χ0) is 50.9. The highest BCUT2D eigenvalue weighted by Crippen LogP contribution is 2.56. The number of halogens is 6. The monoisotopic (exact) mass is 985 g/mol. The molecule has 7 aromatic carbocycles. The maximum absolute atomic E-state index is 15.0. The van der Waals surface area contributed by atoms with Crippen LogP contribution in [0, 0.1) is 13.8 Å². The third kappa shape index (κ3) is 10.3. The molecule has 8 rings (SSSR count). The molecule has 1 heterocycles. The Morgan fingerprint density at radius 2 is 0.845 bits per heavy atom. The first-order valence-corrected chi connectivity index (χ1v) is 22.8. The van der Waals surface area contributed by atoms with Gasteiger partial charge in [0.05, 0.1) is 0 Å². The second kappa shape index (κ2) is 19.3. The Morgan fingerprint density at radius 3 is 1.25 bits per heavy atom. The van der Waals surface area contributed by atoms with E-state index in [1.807, 2.05) is 6.92 Å². The highest BCUT2D eigenvalue weighted by Gasteiger charge is 2.72. The van der Waals surface area contributed by atoms with Crippen LogP contribution in [-0.4, -0.2) is 47.7 Å². The molecule has 0 fully saturated rings. The summed E-state index contributed by atoms with van der Waals surface area (Å²) < 4.78 is 134. The van der Waals surface area contributed by atoms with E-state index in [0.717, 1.165) is 47.7 Å². The molecule has 0 aliphatic carbocycles. The molecule has 0 saturated heterocycles. The second-order valence-corrected chi connectivity index (χ2v) is 17.8. The third-order valence-corrected chi connectivity index (χ3v) is 12.4. The van der Waals surface area contributed by atoms with E-state index in [1.165, 1.54) is 54.7 Å². The van der Waals surface area contributed by atoms with Gasteiger partial charge in [0.15, 0.2) is 17.3 Å². The van der Waals surface area contributed by atoms with Crippen LogP contribution in [0.4, 0.5) is 26.3 Å². The van der Waals surface area contributed by atoms with Gasteiger partial charge in [0.1, 0.15) is 27.9 Å². The lowest BCUT2D eigenvalue weighted by atomic mass is 9.73. The number of hydrogen-bond donors (Lipinski definition) is 1. The van der Waals surface area contributed by atoms with E-state index in [4.69, 9.17) is 9.47 Å². The van der Waals surface area contributed by atoms with Gasteiger partial charge in [-0.1, -0.05) is 96.1 Å². The number of aryl methyl sites for hydroxylation is 2. The van der Waals surface area contributed by atoms with Crippen LogP contribution in [0.2, 0.25) is 0 Å². The van der Waals surface area contributed by atoms with E-state index >= 15 is 0 Å². The van der Waals surface area contributed by atoms with Gasteiger partial charge in [0, 0.05) is 45.8 Å². The molecule has 0 bridgehead atoms. The van der Waals surface area contributed by atoms with E-state index in [0.29, 0.717) is 46.5 Å². The summed E-state index contributed by atoms with van der Waals surface area (Å²) in [5.74, 6) is -1.03. The summed E-state index contributed by atoms with van der Waals surface area (Å²) in [6, 6.07) is 37.7. The number of ketones is 3. The molecule has 71 heavy (non-hydrogen) atoms. The van der Waals surface area contributed by atoms with Crippen molar-refractivity contribution in [3.05, 3.63) is 238 Å². The first-order valence-electron chi connectivity index (χ1n) is 21.4. The van der Waals surface area contributed by atoms with Crippen molar-refractivity contribution in [2.45, 2.75) is 36.5 Å². The summed E-state index contributed by atoms with van der Waals surface area (Å²) in [5.41, 5.74) is -2.50. The van der Waals surface area contributed by atoms with Crippen LogP contribution in [0.1, 0.15) is 70.0 Å². The molecule has 8 aromatic rings. The van der Waals surface area contributed by atoms with Crippen molar-refractivity contribution in [2.24, 2.45) is 0 Å². The second-order valence-electron chi connectivity index (χ2n) is 16.4. The van der Waals surface area contributed by atoms with Gasteiger partial charge in [0.2, 0.25) is 5.41 Å². The molecule has 1 aromatic heterocycles. The topological polar surface area (TPSA) is 137 Å². The molecular weight excluding hydrogens is 949 g/mol. The SMILES string of the molecule is Cc1ccc(C(=O)c2ccc(Oc3ccc(C(c4ccc(Oc5ccc(C(=O)c6ccc(-c7ccc(C)cc7C(=O)c7cncc(S(=O)(=O)O)c7)cc6)cc5)cc4)(C(F)(F)F)C(F)(F)F)cc3)cc2)cc1. The minimum atomic E-state index is -5.86. The number of nitrogens with zero attached hydrogens (tertiary/aromatic N) is 1. The zero-order valence-electron chi connectivity index (χ0n) is 37.2. The molecule has 0 aliphatic heterocycles. The molecule has 0 unspecified atom stereocenters. The van der Waals surface area contributed by atoms with Crippen molar-refractivity contribution in [1.82, 2.24) is 4.98 Å². The van der Waals surface area contributed by atoms with Gasteiger partial charge in [-0.05, 0) is 121 Å². The molecule has 0 spiro atoms. The van der Waals surface area contributed by atoms with E-state index in [2.05, 4.69) is 4.98 Å². The number of pyridine rings is 1. The minimum absolute atomic E-state index is 0.0492. The Bertz CT molecular complexity index is 3380. The quantitative estimate of drug-likeness (QED) is 0.0641. The third-order valence-electron chi connectivity index (χ3n) is 11.6. The standard InChI is InChI=1S/C55H37F6NO8S/c1-33-3-6-36(7-4-33)50(63)38-12-20-43(21-13-38)69-45-24-16-41(17-25-45)53(54(56,57)58,55(59,60)61)42-18-26-46(27-19-42)70-44-22-14-39(15-23-44)51(64)37-10-8-35(9-11-37)48-28-5-34(2)29-49(48)52(65)40-30-47(32-62-31-40)71(66,67)68/h3-32H,1-2H3,(H,66,67,68). The number of aromatic nitrogens is 1. The van der Waals surface area contributed by atoms with Crippen LogP contribution in [0.25, 0.3) is 11.1 Å². The first-order chi connectivity index (χ1) is 33.6. The fourth-order valence-corrected chi connectivity index (χ4v) is 8.40. The average molecular weight is 986 g/mol. The van der Waals surface area contributed by atoms with Crippen molar-refractivity contribution in [3.8, 4) is 34.1 Å². The zero-order valence-corrected chi connectivity index (χ0v) is 38.1. The van der Waals surface area contributed by atoms with Crippen LogP contribution in [-0.2, 0) is 15.5 Å². The Morgan fingerprint density at radius 1 is 0.465 bits per heavy atom. The van der Waals surface area contributed by atoms with Gasteiger partial charge < -0.3 is 9.47 Å². The number of carbonyl (C=O) groups is 3. The van der Waals surface area contributed by atoms with Crippen molar-refractivity contribution >= 4 is 27.5 Å². The van der Waals surface area contributed by atoms with Crippen LogP contribution in [0.15, 0.2) is 187 Å². The van der Waals surface area contributed by atoms with E-state index in [-0.39, 0.29) is 51.0 Å². The normalized spacial score (nSPS) is 12.0. The maximum atomic E-state index is 15.0. The molecule has 16 heteroatoms. The van der Waals surface area contributed by atoms with Gasteiger partial charge in [-0.15, -0.1) is 0 Å². The minimum Gasteiger partial charge on any atom is -0.457 e. The lowest BCUT2D eigenvalue weighted by Crippen LogP contribution is -2.54. The van der Waals surface area contributed by atoms with Crippen LogP contribution in [0.5, 0.6) is 23.0 Å². The van der Waals surface area contributed by atoms with Crippen LogP contribution in [0.3, 0.4) is 0 Å². The highest BCUT2D eigenvalue weighted by atomic mass is 32.2.